The molecule has 0 aliphatic carbocycles. The highest BCUT2D eigenvalue weighted by Crippen LogP contribution is 2.28. The summed E-state index contributed by atoms with van der Waals surface area (Å²) in [5.74, 6) is 1.53. The highest BCUT2D eigenvalue weighted by Gasteiger charge is 2.19. The molecule has 1 aromatic heterocycles. The number of nitrogen functional groups attached to an aromatic ring is 1. The molecule has 1 unspecified atom stereocenters. The van der Waals surface area contributed by atoms with Crippen LogP contribution in [0.1, 0.15) is 57.7 Å². The molecule has 3 heteroatoms. The topological polar surface area (TPSA) is 52.0 Å². The minimum Gasteiger partial charge on any atom is -0.367 e. The van der Waals surface area contributed by atoms with Crippen LogP contribution in [0.4, 0.5) is 5.88 Å². The number of hydrogen-bond acceptors (Lipinski definition) is 3. The molecule has 1 rings (SSSR count). The Hall–Kier alpha value is -0.990. The van der Waals surface area contributed by atoms with Gasteiger partial charge in [-0.05, 0) is 18.8 Å². The molecule has 86 valence electrons. The lowest BCUT2D eigenvalue weighted by Gasteiger charge is -2.10. The average Bonchev–Trinajstić information content (AvgIpc) is 2.48. The van der Waals surface area contributed by atoms with Crippen molar-refractivity contribution in [3.8, 4) is 0 Å². The number of anilines is 1. The standard InChI is InChI=1S/C12H22N2O/c1-5-6-9(4)11-10(7-8(2)3)12(13)15-14-11/h8-9H,5-7,13H2,1-4H3. The Morgan fingerprint density at radius 3 is 2.53 bits per heavy atom. The maximum atomic E-state index is 5.79. The van der Waals surface area contributed by atoms with Crippen LogP contribution in [0.15, 0.2) is 4.52 Å². The maximum absolute atomic E-state index is 5.79. The van der Waals surface area contributed by atoms with E-state index in [1.807, 2.05) is 0 Å². The SMILES string of the molecule is CCCC(C)c1noc(N)c1CC(C)C. The molecule has 1 heterocycles. The maximum Gasteiger partial charge on any atom is 0.225 e. The zero-order chi connectivity index (χ0) is 11.4. The van der Waals surface area contributed by atoms with E-state index < -0.39 is 0 Å². The molecule has 2 N–H and O–H groups in total. The molecule has 1 aromatic rings. The molecule has 0 saturated carbocycles. The van der Waals surface area contributed by atoms with Gasteiger partial charge in [0.2, 0.25) is 5.88 Å². The molecule has 0 spiro atoms. The molecule has 0 aromatic carbocycles. The summed E-state index contributed by atoms with van der Waals surface area (Å²) >= 11 is 0. The predicted molar refractivity (Wildman–Crippen MR) is 62.8 cm³/mol. The molecule has 0 saturated heterocycles. The lowest BCUT2D eigenvalue weighted by atomic mass is 9.94. The van der Waals surface area contributed by atoms with Crippen molar-refractivity contribution in [2.24, 2.45) is 5.92 Å². The zero-order valence-corrected chi connectivity index (χ0v) is 10.2. The van der Waals surface area contributed by atoms with E-state index in [1.54, 1.807) is 0 Å². The minimum atomic E-state index is 0.449. The van der Waals surface area contributed by atoms with Gasteiger partial charge in [0.15, 0.2) is 0 Å². The Bertz CT molecular complexity index is 305. The third-order valence-corrected chi connectivity index (χ3v) is 2.65. The summed E-state index contributed by atoms with van der Waals surface area (Å²) in [6.45, 7) is 8.73. The lowest BCUT2D eigenvalue weighted by molar-refractivity contribution is 0.419. The van der Waals surface area contributed by atoms with E-state index in [-0.39, 0.29) is 0 Å². The molecule has 0 aliphatic rings. The molecular formula is C12H22N2O. The van der Waals surface area contributed by atoms with Crippen LogP contribution in [0, 0.1) is 5.92 Å². The average molecular weight is 210 g/mol. The molecule has 1 atom stereocenters. The van der Waals surface area contributed by atoms with E-state index in [2.05, 4.69) is 32.9 Å². The molecule has 0 amide bonds. The first kappa shape index (κ1) is 12.1. The molecule has 0 aliphatic heterocycles. The van der Waals surface area contributed by atoms with Crippen molar-refractivity contribution in [2.45, 2.75) is 52.9 Å². The van der Waals surface area contributed by atoms with Crippen molar-refractivity contribution >= 4 is 5.88 Å². The van der Waals surface area contributed by atoms with Gasteiger partial charge in [-0.2, -0.15) is 0 Å². The quantitative estimate of drug-likeness (QED) is 0.810. The Labute approximate surface area is 92.0 Å². The van der Waals surface area contributed by atoms with E-state index >= 15 is 0 Å². The number of rotatable bonds is 5. The first-order valence-electron chi connectivity index (χ1n) is 5.80. The second kappa shape index (κ2) is 5.19. The molecule has 0 radical (unpaired) electrons. The second-order valence-corrected chi connectivity index (χ2v) is 4.70. The Morgan fingerprint density at radius 2 is 2.00 bits per heavy atom. The van der Waals surface area contributed by atoms with Crippen LogP contribution in [0.25, 0.3) is 0 Å². The van der Waals surface area contributed by atoms with E-state index in [1.165, 1.54) is 0 Å². The minimum absolute atomic E-state index is 0.449. The molecular weight excluding hydrogens is 188 g/mol. The number of nitrogens with two attached hydrogens (primary N) is 1. The zero-order valence-electron chi connectivity index (χ0n) is 10.2. The third kappa shape index (κ3) is 2.98. The summed E-state index contributed by atoms with van der Waals surface area (Å²) in [4.78, 5) is 0. The summed E-state index contributed by atoms with van der Waals surface area (Å²) < 4.78 is 5.09. The van der Waals surface area contributed by atoms with Gasteiger partial charge in [0.05, 0.1) is 5.69 Å². The van der Waals surface area contributed by atoms with Crippen LogP contribution in [0.3, 0.4) is 0 Å². The normalized spacial score (nSPS) is 13.4. The fraction of sp³-hybridized carbons (Fsp3) is 0.750. The number of nitrogens with zero attached hydrogens (tertiary/aromatic N) is 1. The summed E-state index contributed by atoms with van der Waals surface area (Å²) in [5.41, 5.74) is 7.97. The van der Waals surface area contributed by atoms with Gasteiger partial charge in [-0.1, -0.05) is 39.3 Å². The van der Waals surface area contributed by atoms with Crippen LogP contribution in [-0.2, 0) is 6.42 Å². The third-order valence-electron chi connectivity index (χ3n) is 2.65. The summed E-state index contributed by atoms with van der Waals surface area (Å²) in [6.07, 6.45) is 3.25. The van der Waals surface area contributed by atoms with Crippen molar-refractivity contribution in [3.63, 3.8) is 0 Å². The van der Waals surface area contributed by atoms with Gasteiger partial charge in [0, 0.05) is 11.5 Å². The molecule has 15 heavy (non-hydrogen) atoms. The van der Waals surface area contributed by atoms with Gasteiger partial charge in [-0.3, -0.25) is 0 Å². The number of hydrogen-bond donors (Lipinski definition) is 1. The van der Waals surface area contributed by atoms with Gasteiger partial charge in [0.1, 0.15) is 0 Å². The largest absolute Gasteiger partial charge is 0.367 e. The second-order valence-electron chi connectivity index (χ2n) is 4.70. The molecule has 0 fully saturated rings. The number of aromatic nitrogens is 1. The van der Waals surface area contributed by atoms with Crippen LogP contribution in [0.5, 0.6) is 0 Å². The van der Waals surface area contributed by atoms with Crippen LogP contribution >= 0.6 is 0 Å². The van der Waals surface area contributed by atoms with Crippen molar-refractivity contribution in [3.05, 3.63) is 11.3 Å². The van der Waals surface area contributed by atoms with Gasteiger partial charge in [-0.15, -0.1) is 0 Å². The molecule has 3 nitrogen and oxygen atoms in total. The first-order valence-corrected chi connectivity index (χ1v) is 5.80. The highest BCUT2D eigenvalue weighted by atomic mass is 16.5. The van der Waals surface area contributed by atoms with Gasteiger partial charge in [0.25, 0.3) is 0 Å². The smallest absolute Gasteiger partial charge is 0.225 e. The molecule has 0 bridgehead atoms. The van der Waals surface area contributed by atoms with E-state index in [4.69, 9.17) is 10.3 Å². The Kier molecular flexibility index (Phi) is 4.18. The Balaban J connectivity index is 2.87. The van der Waals surface area contributed by atoms with Gasteiger partial charge in [-0.25, -0.2) is 0 Å². The van der Waals surface area contributed by atoms with Crippen molar-refractivity contribution in [1.29, 1.82) is 0 Å². The highest BCUT2D eigenvalue weighted by molar-refractivity contribution is 5.40. The van der Waals surface area contributed by atoms with E-state index in [9.17, 15) is 0 Å². The fourth-order valence-electron chi connectivity index (χ4n) is 1.91. The van der Waals surface area contributed by atoms with E-state index in [0.29, 0.717) is 17.7 Å². The van der Waals surface area contributed by atoms with Crippen LogP contribution in [0.2, 0.25) is 0 Å². The Morgan fingerprint density at radius 1 is 1.33 bits per heavy atom. The fourth-order valence-corrected chi connectivity index (χ4v) is 1.91. The van der Waals surface area contributed by atoms with Gasteiger partial charge >= 0.3 is 0 Å². The first-order chi connectivity index (χ1) is 7.06. The van der Waals surface area contributed by atoms with Crippen molar-refractivity contribution < 1.29 is 4.52 Å². The van der Waals surface area contributed by atoms with Crippen LogP contribution in [-0.4, -0.2) is 5.16 Å². The monoisotopic (exact) mass is 210 g/mol. The van der Waals surface area contributed by atoms with Crippen molar-refractivity contribution in [1.82, 2.24) is 5.16 Å². The van der Waals surface area contributed by atoms with Crippen molar-refractivity contribution in [2.75, 3.05) is 5.73 Å². The summed E-state index contributed by atoms with van der Waals surface area (Å²) in [6, 6.07) is 0. The van der Waals surface area contributed by atoms with Gasteiger partial charge < -0.3 is 10.3 Å². The van der Waals surface area contributed by atoms with Crippen LogP contribution < -0.4 is 5.73 Å². The van der Waals surface area contributed by atoms with E-state index in [0.717, 1.165) is 30.5 Å². The predicted octanol–water partition coefficient (Wildman–Crippen LogP) is 3.36. The summed E-state index contributed by atoms with van der Waals surface area (Å²) in [7, 11) is 0. The summed E-state index contributed by atoms with van der Waals surface area (Å²) in [5, 5.41) is 4.09. The lowest BCUT2D eigenvalue weighted by Crippen LogP contribution is -2.03.